The maximum atomic E-state index is 13.1. The molecule has 2 aromatic carbocycles. The molecule has 28 heavy (non-hydrogen) atoms. The number of nitrogens with zero attached hydrogens (tertiary/aromatic N) is 2. The number of amides is 1. The lowest BCUT2D eigenvalue weighted by Gasteiger charge is -2.26. The number of benzene rings is 2. The van der Waals surface area contributed by atoms with E-state index in [1.165, 1.54) is 11.9 Å². The Morgan fingerprint density at radius 2 is 1.71 bits per heavy atom. The molecule has 2 rings (SSSR count). The number of carbonyl (C=O) groups is 1. The topological polar surface area (TPSA) is 57.7 Å². The summed E-state index contributed by atoms with van der Waals surface area (Å²) in [5, 5.41) is -0.558. The molecule has 1 amide bonds. The minimum atomic E-state index is -4.76. The first-order valence-electron chi connectivity index (χ1n) is 8.02. The van der Waals surface area contributed by atoms with Gasteiger partial charge in [-0.15, -0.1) is 0 Å². The fraction of sp³-hybridized carbons (Fsp3) is 0.278. The molecule has 0 aliphatic carbocycles. The van der Waals surface area contributed by atoms with Gasteiger partial charge in [-0.1, -0.05) is 41.9 Å². The number of anilines is 1. The van der Waals surface area contributed by atoms with Crippen LogP contribution in [0.1, 0.15) is 11.1 Å². The van der Waals surface area contributed by atoms with Crippen molar-refractivity contribution in [3.05, 3.63) is 64.7 Å². The summed E-state index contributed by atoms with van der Waals surface area (Å²) in [5.74, 6) is -0.571. The van der Waals surface area contributed by atoms with E-state index in [9.17, 15) is 26.4 Å². The van der Waals surface area contributed by atoms with Gasteiger partial charge >= 0.3 is 6.18 Å². The number of rotatable bonds is 6. The van der Waals surface area contributed by atoms with Gasteiger partial charge in [0.15, 0.2) is 0 Å². The lowest BCUT2D eigenvalue weighted by molar-refractivity contribution is -0.137. The van der Waals surface area contributed by atoms with E-state index in [0.717, 1.165) is 24.0 Å². The summed E-state index contributed by atoms with van der Waals surface area (Å²) in [6, 6.07) is 11.7. The lowest BCUT2D eigenvalue weighted by Crippen LogP contribution is -2.41. The van der Waals surface area contributed by atoms with Crippen LogP contribution in [0.5, 0.6) is 0 Å². The molecule has 10 heteroatoms. The average molecular weight is 435 g/mol. The predicted molar refractivity (Wildman–Crippen MR) is 102 cm³/mol. The number of hydrogen-bond donors (Lipinski definition) is 0. The molecule has 0 heterocycles. The third-order valence-electron chi connectivity index (χ3n) is 3.91. The normalized spacial score (nSPS) is 11.9. The SMILES string of the molecule is CN(Cc1ccccc1)C(=O)CN(c1ccc(Cl)c(C(F)(F)F)c1)S(C)(=O)=O. The minimum absolute atomic E-state index is 0.228. The molecule has 0 N–H and O–H groups in total. The largest absolute Gasteiger partial charge is 0.417 e. The minimum Gasteiger partial charge on any atom is -0.340 e. The molecule has 0 spiro atoms. The van der Waals surface area contributed by atoms with E-state index in [2.05, 4.69) is 0 Å². The Kier molecular flexibility index (Phi) is 6.61. The first-order valence-corrected chi connectivity index (χ1v) is 10.2. The van der Waals surface area contributed by atoms with Crippen molar-refractivity contribution in [2.45, 2.75) is 12.7 Å². The van der Waals surface area contributed by atoms with Gasteiger partial charge < -0.3 is 4.90 Å². The van der Waals surface area contributed by atoms with Gasteiger partial charge in [0, 0.05) is 13.6 Å². The Bertz CT molecular complexity index is 950. The summed E-state index contributed by atoms with van der Waals surface area (Å²) >= 11 is 5.58. The van der Waals surface area contributed by atoms with Crippen molar-refractivity contribution in [1.82, 2.24) is 4.90 Å². The molecule has 0 aliphatic rings. The van der Waals surface area contributed by atoms with Gasteiger partial charge in [-0.2, -0.15) is 13.2 Å². The molecule has 152 valence electrons. The Labute approximate surface area is 166 Å². The number of likely N-dealkylation sites (N-methyl/N-ethyl adjacent to an activating group) is 1. The Balaban J connectivity index is 2.29. The molecular formula is C18H18ClF3N2O3S. The molecule has 0 unspecified atom stereocenters. The summed E-state index contributed by atoms with van der Waals surface area (Å²) < 4.78 is 64.2. The first kappa shape index (κ1) is 22.0. The van der Waals surface area contributed by atoms with Crippen molar-refractivity contribution in [3.8, 4) is 0 Å². The summed E-state index contributed by atoms with van der Waals surface area (Å²) in [6.07, 6.45) is -3.94. The number of halogens is 4. The smallest absolute Gasteiger partial charge is 0.340 e. The Morgan fingerprint density at radius 3 is 2.25 bits per heavy atom. The van der Waals surface area contributed by atoms with Crippen LogP contribution in [0.4, 0.5) is 18.9 Å². The second-order valence-electron chi connectivity index (χ2n) is 6.17. The van der Waals surface area contributed by atoms with Gasteiger partial charge in [0.25, 0.3) is 0 Å². The maximum absolute atomic E-state index is 13.1. The van der Waals surface area contributed by atoms with E-state index in [0.29, 0.717) is 10.4 Å². The molecule has 0 saturated carbocycles. The van der Waals surface area contributed by atoms with Crippen LogP contribution in [0, 0.1) is 0 Å². The van der Waals surface area contributed by atoms with E-state index in [1.54, 1.807) is 24.3 Å². The van der Waals surface area contributed by atoms with Gasteiger partial charge in [-0.25, -0.2) is 8.42 Å². The zero-order valence-corrected chi connectivity index (χ0v) is 16.6. The second kappa shape index (κ2) is 8.40. The van der Waals surface area contributed by atoms with Crippen molar-refractivity contribution in [2.24, 2.45) is 0 Å². The fourth-order valence-electron chi connectivity index (χ4n) is 2.47. The van der Waals surface area contributed by atoms with Crippen molar-refractivity contribution >= 4 is 33.2 Å². The van der Waals surface area contributed by atoms with Crippen molar-refractivity contribution in [1.29, 1.82) is 0 Å². The molecule has 0 aromatic heterocycles. The predicted octanol–water partition coefficient (Wildman–Crippen LogP) is 3.78. The van der Waals surface area contributed by atoms with Crippen LogP contribution < -0.4 is 4.31 Å². The highest BCUT2D eigenvalue weighted by Crippen LogP contribution is 2.37. The summed E-state index contributed by atoms with van der Waals surface area (Å²) in [6.45, 7) is -0.410. The second-order valence-corrected chi connectivity index (χ2v) is 8.48. The van der Waals surface area contributed by atoms with E-state index < -0.39 is 39.2 Å². The third kappa shape index (κ3) is 5.62. The van der Waals surface area contributed by atoms with Crippen molar-refractivity contribution in [2.75, 3.05) is 24.2 Å². The van der Waals surface area contributed by atoms with Gasteiger partial charge in [-0.3, -0.25) is 9.10 Å². The quantitative estimate of drug-likeness (QED) is 0.695. The monoisotopic (exact) mass is 434 g/mol. The van der Waals surface area contributed by atoms with Crippen LogP contribution in [0.3, 0.4) is 0 Å². The zero-order chi connectivity index (χ0) is 21.1. The molecular weight excluding hydrogens is 417 g/mol. The fourth-order valence-corrected chi connectivity index (χ4v) is 3.54. The van der Waals surface area contributed by atoms with E-state index in [1.807, 2.05) is 6.07 Å². The average Bonchev–Trinajstić information content (AvgIpc) is 2.59. The number of hydrogen-bond acceptors (Lipinski definition) is 3. The van der Waals surface area contributed by atoms with Gasteiger partial charge in [0.1, 0.15) is 6.54 Å². The third-order valence-corrected chi connectivity index (χ3v) is 5.38. The zero-order valence-electron chi connectivity index (χ0n) is 15.1. The Hall–Kier alpha value is -2.26. The Morgan fingerprint density at radius 1 is 1.11 bits per heavy atom. The summed E-state index contributed by atoms with van der Waals surface area (Å²) in [4.78, 5) is 13.8. The molecule has 0 atom stereocenters. The molecule has 0 aliphatic heterocycles. The highest BCUT2D eigenvalue weighted by molar-refractivity contribution is 7.92. The first-order chi connectivity index (χ1) is 12.9. The van der Waals surface area contributed by atoms with Crippen LogP contribution in [-0.2, 0) is 27.5 Å². The lowest BCUT2D eigenvalue weighted by atomic mass is 10.2. The van der Waals surface area contributed by atoms with Crippen molar-refractivity contribution < 1.29 is 26.4 Å². The number of carbonyl (C=O) groups excluding carboxylic acids is 1. The molecule has 0 radical (unpaired) electrons. The van der Waals surface area contributed by atoms with Gasteiger partial charge in [0.2, 0.25) is 15.9 Å². The standard InChI is InChI=1S/C18H18ClF3N2O3S/c1-23(11-13-6-4-3-5-7-13)17(25)12-24(28(2,26)27)14-8-9-16(19)15(10-14)18(20,21)22/h3-10H,11-12H2,1-2H3. The molecule has 0 fully saturated rings. The van der Waals surface area contributed by atoms with Crippen LogP contribution in [0.15, 0.2) is 48.5 Å². The van der Waals surface area contributed by atoms with E-state index in [4.69, 9.17) is 11.6 Å². The highest BCUT2D eigenvalue weighted by atomic mass is 35.5. The highest BCUT2D eigenvalue weighted by Gasteiger charge is 2.34. The summed E-state index contributed by atoms with van der Waals surface area (Å²) in [7, 11) is -2.53. The van der Waals surface area contributed by atoms with Gasteiger partial charge in [-0.05, 0) is 23.8 Å². The number of sulfonamides is 1. The molecule has 5 nitrogen and oxygen atoms in total. The maximum Gasteiger partial charge on any atom is 0.417 e. The molecule has 0 saturated heterocycles. The van der Waals surface area contributed by atoms with Crippen LogP contribution in [-0.4, -0.2) is 39.1 Å². The van der Waals surface area contributed by atoms with Gasteiger partial charge in [0.05, 0.1) is 22.5 Å². The molecule has 0 bridgehead atoms. The number of alkyl halides is 3. The van der Waals surface area contributed by atoms with Crippen molar-refractivity contribution in [3.63, 3.8) is 0 Å². The molecule has 2 aromatic rings. The van der Waals surface area contributed by atoms with E-state index in [-0.39, 0.29) is 12.2 Å². The van der Waals surface area contributed by atoms with Crippen LogP contribution >= 0.6 is 11.6 Å². The van der Waals surface area contributed by atoms with E-state index >= 15 is 0 Å². The van der Waals surface area contributed by atoms with Crippen LogP contribution in [0.25, 0.3) is 0 Å². The van der Waals surface area contributed by atoms with Crippen LogP contribution in [0.2, 0.25) is 5.02 Å². The summed E-state index contributed by atoms with van der Waals surface area (Å²) in [5.41, 5.74) is -0.638.